The van der Waals surface area contributed by atoms with Gasteiger partial charge in [0.2, 0.25) is 11.8 Å². The first-order valence-corrected chi connectivity index (χ1v) is 11.7. The Morgan fingerprint density at radius 1 is 1.06 bits per heavy atom. The summed E-state index contributed by atoms with van der Waals surface area (Å²) >= 11 is 0. The lowest BCUT2D eigenvalue weighted by Gasteiger charge is -2.31. The number of carbonyl (C=O) groups is 2. The lowest BCUT2D eigenvalue weighted by Crippen LogP contribution is -2.46. The Hall–Kier alpha value is -4.11. The number of ether oxygens (including phenoxy) is 1. The Kier molecular flexibility index (Phi) is 8.02. The average Bonchev–Trinajstić information content (AvgIpc) is 3.30. The van der Waals surface area contributed by atoms with Crippen molar-refractivity contribution in [2.75, 3.05) is 25.2 Å². The van der Waals surface area contributed by atoms with Gasteiger partial charge in [0.05, 0.1) is 12.1 Å². The maximum absolute atomic E-state index is 13.9. The van der Waals surface area contributed by atoms with Gasteiger partial charge in [0.1, 0.15) is 23.9 Å². The van der Waals surface area contributed by atoms with Crippen molar-refractivity contribution in [3.63, 3.8) is 0 Å². The van der Waals surface area contributed by atoms with Gasteiger partial charge in [-0.15, -0.1) is 5.10 Å². The number of fused-ring (bicyclic) bond motifs is 1. The van der Waals surface area contributed by atoms with Crippen molar-refractivity contribution in [2.45, 2.75) is 25.9 Å². The molecule has 2 amide bonds. The molecule has 1 aromatic heterocycles. The molecule has 0 aliphatic carbocycles. The Morgan fingerprint density at radius 3 is 2.47 bits per heavy atom. The Morgan fingerprint density at radius 2 is 1.78 bits per heavy atom. The molecule has 0 aliphatic rings. The van der Waals surface area contributed by atoms with Gasteiger partial charge >= 0.3 is 0 Å². The third kappa shape index (κ3) is 5.58. The van der Waals surface area contributed by atoms with Crippen LogP contribution < -0.4 is 10.2 Å². The van der Waals surface area contributed by atoms with Gasteiger partial charge in [0.25, 0.3) is 0 Å². The molecule has 0 radical (unpaired) electrons. The first-order valence-electron chi connectivity index (χ1n) is 11.7. The third-order valence-corrected chi connectivity index (χ3v) is 5.89. The third-order valence-electron chi connectivity index (χ3n) is 5.89. The van der Waals surface area contributed by atoms with Crippen LogP contribution in [0.3, 0.4) is 0 Å². The minimum absolute atomic E-state index is 0.160. The van der Waals surface area contributed by atoms with Gasteiger partial charge in [-0.1, -0.05) is 48.5 Å². The van der Waals surface area contributed by atoms with E-state index in [9.17, 15) is 14.0 Å². The van der Waals surface area contributed by atoms with Crippen molar-refractivity contribution in [1.82, 2.24) is 20.3 Å². The van der Waals surface area contributed by atoms with E-state index in [0.717, 1.165) is 12.0 Å². The lowest BCUT2D eigenvalue weighted by molar-refractivity contribution is -0.127. The maximum atomic E-state index is 13.9. The van der Waals surface area contributed by atoms with E-state index in [1.807, 2.05) is 55.5 Å². The van der Waals surface area contributed by atoms with Gasteiger partial charge in [-0.05, 0) is 53.9 Å². The number of hydrogen-bond acceptors (Lipinski definition) is 5. The van der Waals surface area contributed by atoms with Gasteiger partial charge in [-0.3, -0.25) is 14.5 Å². The molecule has 9 heteroatoms. The Balaban J connectivity index is 1.77. The summed E-state index contributed by atoms with van der Waals surface area (Å²) in [5, 5.41) is 11.1. The standard InChI is InChI=1S/C27H28FN5O3/c1-3-19-8-10-20(11-9-19)26(27(35)29-16-17-36-2)33(22-14-12-21(28)13-15-22)25(34)18-32-24-7-5-4-6-23(24)30-31-32/h4-15,26H,3,16-18H2,1-2H3,(H,29,35)/t26-/m0/s1. The molecular formula is C27H28FN5O3. The van der Waals surface area contributed by atoms with Crippen molar-refractivity contribution in [3.05, 3.63) is 89.7 Å². The number of nitrogens with zero attached hydrogens (tertiary/aromatic N) is 4. The van der Waals surface area contributed by atoms with Crippen molar-refractivity contribution in [2.24, 2.45) is 0 Å². The zero-order valence-electron chi connectivity index (χ0n) is 20.2. The van der Waals surface area contributed by atoms with E-state index in [1.54, 1.807) is 7.11 Å². The number of amides is 2. The number of aromatic nitrogens is 3. The molecule has 3 aromatic carbocycles. The normalized spacial score (nSPS) is 11.9. The summed E-state index contributed by atoms with van der Waals surface area (Å²) < 4.78 is 20.3. The fourth-order valence-corrected chi connectivity index (χ4v) is 4.00. The second-order valence-electron chi connectivity index (χ2n) is 8.26. The number of benzene rings is 3. The highest BCUT2D eigenvalue weighted by atomic mass is 19.1. The van der Waals surface area contributed by atoms with Crippen LogP contribution in [0.4, 0.5) is 10.1 Å². The zero-order chi connectivity index (χ0) is 25.5. The van der Waals surface area contributed by atoms with Crippen LogP contribution in [0, 0.1) is 5.82 Å². The topological polar surface area (TPSA) is 89.4 Å². The molecule has 36 heavy (non-hydrogen) atoms. The van der Waals surface area contributed by atoms with Gasteiger partial charge in [0.15, 0.2) is 0 Å². The minimum atomic E-state index is -1.000. The summed E-state index contributed by atoms with van der Waals surface area (Å²) in [6.07, 6.45) is 0.838. The van der Waals surface area contributed by atoms with Gasteiger partial charge in [-0.2, -0.15) is 0 Å². The van der Waals surface area contributed by atoms with Gasteiger partial charge < -0.3 is 10.1 Å². The van der Waals surface area contributed by atoms with E-state index in [1.165, 1.54) is 33.8 Å². The summed E-state index contributed by atoms with van der Waals surface area (Å²) in [5.74, 6) is -1.22. The van der Waals surface area contributed by atoms with E-state index in [4.69, 9.17) is 4.74 Å². The molecule has 0 saturated heterocycles. The molecule has 0 bridgehead atoms. The summed E-state index contributed by atoms with van der Waals surface area (Å²) in [6.45, 7) is 2.48. The van der Waals surface area contributed by atoms with Gasteiger partial charge in [-0.25, -0.2) is 9.07 Å². The van der Waals surface area contributed by atoms with Crippen molar-refractivity contribution in [3.8, 4) is 0 Å². The molecule has 8 nitrogen and oxygen atoms in total. The molecule has 0 aliphatic heterocycles. The predicted molar refractivity (Wildman–Crippen MR) is 135 cm³/mol. The van der Waals surface area contributed by atoms with Crippen LogP contribution in [-0.4, -0.2) is 47.1 Å². The minimum Gasteiger partial charge on any atom is -0.383 e. The summed E-state index contributed by atoms with van der Waals surface area (Å²) in [5.41, 5.74) is 3.47. The number of nitrogens with one attached hydrogen (secondary N) is 1. The van der Waals surface area contributed by atoms with Crippen LogP contribution in [-0.2, 0) is 27.3 Å². The fraction of sp³-hybridized carbons (Fsp3) is 0.259. The molecule has 0 unspecified atom stereocenters. The average molecular weight is 490 g/mol. The maximum Gasteiger partial charge on any atom is 0.249 e. The van der Waals surface area contributed by atoms with E-state index >= 15 is 0 Å². The largest absolute Gasteiger partial charge is 0.383 e. The molecule has 1 atom stereocenters. The summed E-state index contributed by atoms with van der Waals surface area (Å²) in [6, 6.07) is 19.4. The van der Waals surface area contributed by atoms with E-state index in [2.05, 4.69) is 15.6 Å². The molecule has 4 rings (SSSR count). The van der Waals surface area contributed by atoms with E-state index in [0.29, 0.717) is 28.9 Å². The number of anilines is 1. The quantitative estimate of drug-likeness (QED) is 0.344. The molecule has 0 saturated carbocycles. The van der Waals surface area contributed by atoms with Crippen LogP contribution in [0.1, 0.15) is 24.1 Å². The van der Waals surface area contributed by atoms with Crippen molar-refractivity contribution < 1.29 is 18.7 Å². The number of carbonyl (C=O) groups excluding carboxylic acids is 2. The first kappa shape index (κ1) is 25.0. The summed E-state index contributed by atoms with van der Waals surface area (Å²) in [7, 11) is 1.55. The first-order chi connectivity index (χ1) is 17.5. The highest BCUT2D eigenvalue weighted by molar-refractivity contribution is 6.01. The molecule has 4 aromatic rings. The number of aryl methyl sites for hydroxylation is 1. The number of methoxy groups -OCH3 is 1. The van der Waals surface area contributed by atoms with E-state index in [-0.39, 0.29) is 19.0 Å². The van der Waals surface area contributed by atoms with Crippen molar-refractivity contribution >= 4 is 28.5 Å². The number of halogens is 1. The van der Waals surface area contributed by atoms with Crippen LogP contribution in [0.15, 0.2) is 72.8 Å². The number of hydrogen-bond donors (Lipinski definition) is 1. The number of rotatable bonds is 10. The number of para-hydroxylation sites is 1. The Labute approximate surface area is 208 Å². The highest BCUT2D eigenvalue weighted by Gasteiger charge is 2.33. The van der Waals surface area contributed by atoms with Crippen molar-refractivity contribution in [1.29, 1.82) is 0 Å². The van der Waals surface area contributed by atoms with Crippen LogP contribution in [0.2, 0.25) is 0 Å². The SMILES string of the molecule is CCc1ccc([C@@H](C(=O)NCCOC)N(C(=O)Cn2nnc3ccccc32)c2ccc(F)cc2)cc1. The summed E-state index contributed by atoms with van der Waals surface area (Å²) in [4.78, 5) is 28.7. The molecular weight excluding hydrogens is 461 g/mol. The zero-order valence-corrected chi connectivity index (χ0v) is 20.2. The molecule has 1 N–H and O–H groups in total. The predicted octanol–water partition coefficient (Wildman–Crippen LogP) is 3.67. The molecule has 186 valence electrons. The highest BCUT2D eigenvalue weighted by Crippen LogP contribution is 2.29. The van der Waals surface area contributed by atoms with E-state index < -0.39 is 17.8 Å². The Bertz CT molecular complexity index is 1320. The molecule has 1 heterocycles. The second kappa shape index (κ2) is 11.5. The smallest absolute Gasteiger partial charge is 0.249 e. The van der Waals surface area contributed by atoms with Gasteiger partial charge in [0, 0.05) is 19.3 Å². The van der Waals surface area contributed by atoms with Crippen LogP contribution >= 0.6 is 0 Å². The lowest BCUT2D eigenvalue weighted by atomic mass is 10.0. The molecule has 0 fully saturated rings. The monoisotopic (exact) mass is 489 g/mol. The fourth-order valence-electron chi connectivity index (χ4n) is 4.00. The van der Waals surface area contributed by atoms with Crippen LogP contribution in [0.25, 0.3) is 11.0 Å². The second-order valence-corrected chi connectivity index (χ2v) is 8.26. The van der Waals surface area contributed by atoms with Crippen LogP contribution in [0.5, 0.6) is 0 Å². The molecule has 0 spiro atoms.